The summed E-state index contributed by atoms with van der Waals surface area (Å²) in [5.74, 6) is 1.49. The van der Waals surface area contributed by atoms with Crippen LogP contribution in [0.1, 0.15) is 25.5 Å². The third kappa shape index (κ3) is 4.58. The number of para-hydroxylation sites is 1. The van der Waals surface area contributed by atoms with Gasteiger partial charge in [0.2, 0.25) is 0 Å². The zero-order valence-corrected chi connectivity index (χ0v) is 15.7. The van der Waals surface area contributed by atoms with Gasteiger partial charge in [-0.2, -0.15) is 0 Å². The van der Waals surface area contributed by atoms with Crippen molar-refractivity contribution in [3.8, 4) is 5.75 Å². The third-order valence-corrected chi connectivity index (χ3v) is 4.98. The van der Waals surface area contributed by atoms with Gasteiger partial charge in [0, 0.05) is 19.1 Å². The van der Waals surface area contributed by atoms with E-state index in [1.807, 2.05) is 37.3 Å². The largest absolute Gasteiger partial charge is 0.432 e. The number of rotatable bonds is 4. The van der Waals surface area contributed by atoms with Gasteiger partial charge in [-0.3, -0.25) is 0 Å². The average molecular weight is 377 g/mol. The van der Waals surface area contributed by atoms with Gasteiger partial charge in [0.25, 0.3) is 5.17 Å². The molecule has 0 amide bonds. The van der Waals surface area contributed by atoms with Crippen molar-refractivity contribution in [3.05, 3.63) is 47.4 Å². The van der Waals surface area contributed by atoms with Gasteiger partial charge in [0.1, 0.15) is 22.9 Å². The van der Waals surface area contributed by atoms with E-state index in [0.29, 0.717) is 16.2 Å². The fourth-order valence-corrected chi connectivity index (χ4v) is 3.37. The molecule has 3 rings (SSSR count). The molecule has 0 atom stereocenters. The first-order chi connectivity index (χ1) is 12.2. The Morgan fingerprint density at radius 1 is 1.28 bits per heavy atom. The molecule has 0 aliphatic carbocycles. The molecule has 0 radical (unpaired) electrons. The van der Waals surface area contributed by atoms with Gasteiger partial charge in [-0.15, -0.1) is 0 Å². The number of aryl methyl sites for hydroxylation is 1. The maximum atomic E-state index is 6.36. The average Bonchev–Trinajstić information content (AvgIpc) is 2.65. The second-order valence-electron chi connectivity index (χ2n) is 5.92. The van der Waals surface area contributed by atoms with Crippen LogP contribution in [0, 0.1) is 0 Å². The quantitative estimate of drug-likeness (QED) is 0.816. The summed E-state index contributed by atoms with van der Waals surface area (Å²) in [7, 11) is 0. The number of thiocarbonyl (C=S) groups is 1. The Hall–Kier alpha value is -1.92. The second kappa shape index (κ2) is 8.45. The monoisotopic (exact) mass is 376 g/mol. The molecule has 5 nitrogen and oxygen atoms in total. The number of piperidine rings is 1. The number of halogens is 1. The molecule has 1 aromatic heterocycles. The predicted molar refractivity (Wildman–Crippen MR) is 104 cm³/mol. The van der Waals surface area contributed by atoms with Crippen LogP contribution in [0.25, 0.3) is 0 Å². The second-order valence-corrected chi connectivity index (χ2v) is 6.65. The summed E-state index contributed by atoms with van der Waals surface area (Å²) in [4.78, 5) is 10.6. The van der Waals surface area contributed by atoms with E-state index in [1.54, 1.807) is 6.33 Å². The zero-order chi connectivity index (χ0) is 17.6. The van der Waals surface area contributed by atoms with Crippen LogP contribution in [-0.4, -0.2) is 39.2 Å². The lowest BCUT2D eigenvalue weighted by atomic mass is 10.1. The Morgan fingerprint density at radius 2 is 2.00 bits per heavy atom. The number of anilines is 1. The Labute approximate surface area is 158 Å². The zero-order valence-electron chi connectivity index (χ0n) is 14.1. The number of nitrogens with zero attached hydrogens (tertiary/aromatic N) is 3. The molecule has 1 aromatic carbocycles. The standard InChI is InChI=1S/C18H21ClN4OS/c1-2-15-16(19)17(21-12-20-15)22-13-8-10-23(11-9-13)18(25)24-14-6-4-3-5-7-14/h3-7,12-13H,2,8-11H2,1H3,(H,20,21,22). The lowest BCUT2D eigenvalue weighted by Crippen LogP contribution is -2.43. The van der Waals surface area contributed by atoms with Crippen molar-refractivity contribution >= 4 is 34.8 Å². The molecule has 0 bridgehead atoms. The molecule has 2 heterocycles. The minimum absolute atomic E-state index is 0.313. The Bertz CT molecular complexity index is 720. The summed E-state index contributed by atoms with van der Waals surface area (Å²) < 4.78 is 5.75. The molecule has 2 aromatic rings. The van der Waals surface area contributed by atoms with Gasteiger partial charge in [-0.1, -0.05) is 36.7 Å². The van der Waals surface area contributed by atoms with E-state index in [-0.39, 0.29) is 0 Å². The van der Waals surface area contributed by atoms with E-state index in [4.69, 9.17) is 28.6 Å². The topological polar surface area (TPSA) is 50.3 Å². The van der Waals surface area contributed by atoms with Crippen LogP contribution < -0.4 is 10.1 Å². The molecular formula is C18H21ClN4OS. The van der Waals surface area contributed by atoms with Crippen molar-refractivity contribution < 1.29 is 4.74 Å². The van der Waals surface area contributed by atoms with E-state index >= 15 is 0 Å². The SMILES string of the molecule is CCc1ncnc(NC2CCN(C(=S)Oc3ccccc3)CC2)c1Cl. The van der Waals surface area contributed by atoms with E-state index in [0.717, 1.165) is 49.6 Å². The molecule has 25 heavy (non-hydrogen) atoms. The molecule has 0 spiro atoms. The third-order valence-electron chi connectivity index (χ3n) is 4.24. The fraction of sp³-hybridized carbons (Fsp3) is 0.389. The molecule has 132 valence electrons. The van der Waals surface area contributed by atoms with Crippen LogP contribution >= 0.6 is 23.8 Å². The highest BCUT2D eigenvalue weighted by atomic mass is 35.5. The van der Waals surface area contributed by atoms with Gasteiger partial charge in [0.15, 0.2) is 0 Å². The molecular weight excluding hydrogens is 356 g/mol. The van der Waals surface area contributed by atoms with Crippen molar-refractivity contribution in [2.75, 3.05) is 18.4 Å². The summed E-state index contributed by atoms with van der Waals surface area (Å²) in [6.45, 7) is 3.71. The summed E-state index contributed by atoms with van der Waals surface area (Å²) in [5.41, 5.74) is 0.869. The predicted octanol–water partition coefficient (Wildman–Crippen LogP) is 3.93. The molecule has 1 N–H and O–H groups in total. The first kappa shape index (κ1) is 17.9. The highest BCUT2D eigenvalue weighted by Crippen LogP contribution is 2.25. The van der Waals surface area contributed by atoms with Crippen LogP contribution in [-0.2, 0) is 6.42 Å². The molecule has 1 aliphatic heterocycles. The first-order valence-corrected chi connectivity index (χ1v) is 9.23. The van der Waals surface area contributed by atoms with Gasteiger partial charge >= 0.3 is 0 Å². The number of benzene rings is 1. The van der Waals surface area contributed by atoms with Crippen molar-refractivity contribution in [1.29, 1.82) is 0 Å². The number of aromatic nitrogens is 2. The molecule has 1 aliphatic rings. The minimum Gasteiger partial charge on any atom is -0.432 e. The lowest BCUT2D eigenvalue weighted by Gasteiger charge is -2.33. The highest BCUT2D eigenvalue weighted by molar-refractivity contribution is 7.80. The number of nitrogens with one attached hydrogen (secondary N) is 1. The summed E-state index contributed by atoms with van der Waals surface area (Å²) in [6, 6.07) is 9.95. The van der Waals surface area contributed by atoms with Crippen LogP contribution in [0.15, 0.2) is 36.7 Å². The summed E-state index contributed by atoms with van der Waals surface area (Å²) >= 11 is 11.8. The van der Waals surface area contributed by atoms with Crippen LogP contribution in [0.5, 0.6) is 5.75 Å². The normalized spacial score (nSPS) is 15.0. The van der Waals surface area contributed by atoms with Crippen LogP contribution in [0.3, 0.4) is 0 Å². The fourth-order valence-electron chi connectivity index (χ4n) is 2.81. The van der Waals surface area contributed by atoms with E-state index in [1.165, 1.54) is 0 Å². The van der Waals surface area contributed by atoms with Crippen molar-refractivity contribution in [1.82, 2.24) is 14.9 Å². The molecule has 1 saturated heterocycles. The Morgan fingerprint density at radius 3 is 2.68 bits per heavy atom. The maximum Gasteiger partial charge on any atom is 0.264 e. The minimum atomic E-state index is 0.313. The number of likely N-dealkylation sites (tertiary alicyclic amines) is 1. The first-order valence-electron chi connectivity index (χ1n) is 8.45. The van der Waals surface area contributed by atoms with Gasteiger partial charge in [-0.25, -0.2) is 9.97 Å². The number of hydrogen-bond acceptors (Lipinski definition) is 5. The van der Waals surface area contributed by atoms with Gasteiger partial charge < -0.3 is 15.0 Å². The number of hydrogen-bond donors (Lipinski definition) is 1. The van der Waals surface area contributed by atoms with E-state index in [2.05, 4.69) is 20.2 Å². The molecule has 7 heteroatoms. The molecule has 0 saturated carbocycles. The van der Waals surface area contributed by atoms with Gasteiger partial charge in [0.05, 0.1) is 5.69 Å². The van der Waals surface area contributed by atoms with E-state index in [9.17, 15) is 0 Å². The lowest BCUT2D eigenvalue weighted by molar-refractivity contribution is 0.287. The van der Waals surface area contributed by atoms with Crippen LogP contribution in [0.4, 0.5) is 5.82 Å². The Kier molecular flexibility index (Phi) is 6.04. The van der Waals surface area contributed by atoms with Crippen molar-refractivity contribution in [2.45, 2.75) is 32.2 Å². The highest BCUT2D eigenvalue weighted by Gasteiger charge is 2.23. The maximum absolute atomic E-state index is 6.36. The number of ether oxygens (including phenoxy) is 1. The van der Waals surface area contributed by atoms with Gasteiger partial charge in [-0.05, 0) is 43.6 Å². The van der Waals surface area contributed by atoms with Crippen molar-refractivity contribution in [3.63, 3.8) is 0 Å². The molecule has 0 unspecified atom stereocenters. The Balaban J connectivity index is 1.53. The molecule has 1 fully saturated rings. The smallest absolute Gasteiger partial charge is 0.264 e. The summed E-state index contributed by atoms with van der Waals surface area (Å²) in [6.07, 6.45) is 4.24. The van der Waals surface area contributed by atoms with Crippen LogP contribution in [0.2, 0.25) is 5.02 Å². The van der Waals surface area contributed by atoms with Crippen molar-refractivity contribution in [2.24, 2.45) is 0 Å². The summed E-state index contributed by atoms with van der Waals surface area (Å²) in [5, 5.41) is 4.59. The van der Waals surface area contributed by atoms with E-state index < -0.39 is 0 Å².